The van der Waals surface area contributed by atoms with Gasteiger partial charge < -0.3 is 15.2 Å². The van der Waals surface area contributed by atoms with E-state index in [1.165, 1.54) is 25.7 Å². The van der Waals surface area contributed by atoms with Gasteiger partial charge in [0.2, 0.25) is 5.91 Å². The first-order valence-electron chi connectivity index (χ1n) is 7.25. The molecule has 4 nitrogen and oxygen atoms in total. The standard InChI is InChI=1S/C14H25NO3/c16-13(6-5-12-3-1-2-4-12)15-11-14(17)7-9-18-10-8-14/h12,17H,1-11H2,(H,15,16). The molecule has 2 rings (SSSR count). The first-order valence-corrected chi connectivity index (χ1v) is 7.25. The van der Waals surface area contributed by atoms with E-state index >= 15 is 0 Å². The average Bonchev–Trinajstić information content (AvgIpc) is 2.88. The highest BCUT2D eigenvalue weighted by Gasteiger charge is 2.30. The molecule has 0 atom stereocenters. The Morgan fingerprint density at radius 2 is 1.94 bits per heavy atom. The molecule has 1 saturated heterocycles. The van der Waals surface area contributed by atoms with E-state index in [1.54, 1.807) is 0 Å². The lowest BCUT2D eigenvalue weighted by Gasteiger charge is -2.32. The van der Waals surface area contributed by atoms with Gasteiger partial charge in [-0.05, 0) is 12.3 Å². The van der Waals surface area contributed by atoms with Crippen LogP contribution in [0, 0.1) is 5.92 Å². The summed E-state index contributed by atoms with van der Waals surface area (Å²) >= 11 is 0. The Labute approximate surface area is 109 Å². The molecule has 0 aromatic carbocycles. The minimum Gasteiger partial charge on any atom is -0.388 e. The summed E-state index contributed by atoms with van der Waals surface area (Å²) in [5.41, 5.74) is -0.749. The van der Waals surface area contributed by atoms with Crippen molar-refractivity contribution in [3.05, 3.63) is 0 Å². The number of hydrogen-bond donors (Lipinski definition) is 2. The molecule has 18 heavy (non-hydrogen) atoms. The van der Waals surface area contributed by atoms with E-state index < -0.39 is 5.60 Å². The van der Waals surface area contributed by atoms with Crippen LogP contribution in [0.2, 0.25) is 0 Å². The summed E-state index contributed by atoms with van der Waals surface area (Å²) in [5, 5.41) is 13.1. The zero-order valence-electron chi connectivity index (χ0n) is 11.1. The van der Waals surface area contributed by atoms with Crippen molar-refractivity contribution in [3.8, 4) is 0 Å². The Morgan fingerprint density at radius 3 is 2.61 bits per heavy atom. The summed E-state index contributed by atoms with van der Waals surface area (Å²) in [4.78, 5) is 11.7. The molecule has 2 fully saturated rings. The van der Waals surface area contributed by atoms with Crippen molar-refractivity contribution < 1.29 is 14.6 Å². The maximum atomic E-state index is 11.7. The predicted molar refractivity (Wildman–Crippen MR) is 69.2 cm³/mol. The third-order valence-electron chi connectivity index (χ3n) is 4.29. The highest BCUT2D eigenvalue weighted by molar-refractivity contribution is 5.75. The second-order valence-corrected chi connectivity index (χ2v) is 5.80. The van der Waals surface area contributed by atoms with Crippen LogP contribution in [0.5, 0.6) is 0 Å². The lowest BCUT2D eigenvalue weighted by atomic mass is 9.94. The molecule has 1 heterocycles. The van der Waals surface area contributed by atoms with Crippen LogP contribution in [0.1, 0.15) is 51.4 Å². The zero-order valence-corrected chi connectivity index (χ0v) is 11.1. The van der Waals surface area contributed by atoms with Crippen molar-refractivity contribution >= 4 is 5.91 Å². The number of amides is 1. The number of ether oxygens (including phenoxy) is 1. The smallest absolute Gasteiger partial charge is 0.220 e. The molecule has 1 aliphatic carbocycles. The summed E-state index contributed by atoms with van der Waals surface area (Å²) in [6.45, 7) is 1.56. The van der Waals surface area contributed by atoms with Gasteiger partial charge >= 0.3 is 0 Å². The van der Waals surface area contributed by atoms with Gasteiger partial charge in [0.1, 0.15) is 0 Å². The monoisotopic (exact) mass is 255 g/mol. The number of aliphatic hydroxyl groups is 1. The summed E-state index contributed by atoms with van der Waals surface area (Å²) in [6.07, 6.45) is 8.08. The molecule has 0 unspecified atom stereocenters. The van der Waals surface area contributed by atoms with E-state index in [4.69, 9.17) is 4.74 Å². The summed E-state index contributed by atoms with van der Waals surface area (Å²) in [5.74, 6) is 0.837. The van der Waals surface area contributed by atoms with Gasteiger partial charge in [-0.25, -0.2) is 0 Å². The van der Waals surface area contributed by atoms with Crippen LogP contribution < -0.4 is 5.32 Å². The van der Waals surface area contributed by atoms with Crippen LogP contribution in [0.15, 0.2) is 0 Å². The Bertz CT molecular complexity index is 268. The molecule has 0 aromatic rings. The summed E-state index contributed by atoms with van der Waals surface area (Å²) < 4.78 is 5.21. The van der Waals surface area contributed by atoms with Crippen LogP contribution >= 0.6 is 0 Å². The van der Waals surface area contributed by atoms with Gasteiger partial charge in [-0.15, -0.1) is 0 Å². The molecule has 1 amide bonds. The topological polar surface area (TPSA) is 58.6 Å². The highest BCUT2D eigenvalue weighted by Crippen LogP contribution is 2.28. The predicted octanol–water partition coefficient (Wildman–Crippen LogP) is 1.61. The molecule has 0 bridgehead atoms. The zero-order chi connectivity index (χ0) is 12.8. The van der Waals surface area contributed by atoms with Crippen LogP contribution in [-0.2, 0) is 9.53 Å². The van der Waals surface area contributed by atoms with Gasteiger partial charge in [0.15, 0.2) is 0 Å². The maximum absolute atomic E-state index is 11.7. The third-order valence-corrected chi connectivity index (χ3v) is 4.29. The van der Waals surface area contributed by atoms with Crippen molar-refractivity contribution in [2.75, 3.05) is 19.8 Å². The van der Waals surface area contributed by atoms with E-state index in [9.17, 15) is 9.90 Å². The number of rotatable bonds is 5. The second kappa shape index (κ2) is 6.53. The van der Waals surface area contributed by atoms with Crippen LogP contribution in [-0.4, -0.2) is 36.4 Å². The SMILES string of the molecule is O=C(CCC1CCCC1)NCC1(O)CCOCC1. The van der Waals surface area contributed by atoms with Gasteiger partial charge in [-0.1, -0.05) is 25.7 Å². The van der Waals surface area contributed by atoms with E-state index in [-0.39, 0.29) is 5.91 Å². The second-order valence-electron chi connectivity index (χ2n) is 5.80. The molecule has 4 heteroatoms. The van der Waals surface area contributed by atoms with Gasteiger partial charge in [0.25, 0.3) is 0 Å². The van der Waals surface area contributed by atoms with Crippen molar-refractivity contribution in [1.29, 1.82) is 0 Å². The van der Waals surface area contributed by atoms with E-state index in [0.29, 0.717) is 39.0 Å². The van der Waals surface area contributed by atoms with E-state index in [0.717, 1.165) is 12.3 Å². The lowest BCUT2D eigenvalue weighted by molar-refractivity contribution is -0.124. The van der Waals surface area contributed by atoms with Gasteiger partial charge in [0.05, 0.1) is 5.60 Å². The molecule has 0 radical (unpaired) electrons. The number of carbonyl (C=O) groups excluding carboxylic acids is 1. The molecule has 1 aliphatic heterocycles. The van der Waals surface area contributed by atoms with Crippen molar-refractivity contribution in [3.63, 3.8) is 0 Å². The first-order chi connectivity index (χ1) is 8.68. The van der Waals surface area contributed by atoms with E-state index in [2.05, 4.69) is 5.32 Å². The third kappa shape index (κ3) is 4.25. The molecular formula is C14H25NO3. The fraction of sp³-hybridized carbons (Fsp3) is 0.929. The largest absolute Gasteiger partial charge is 0.388 e. The Kier molecular flexibility index (Phi) is 5.01. The summed E-state index contributed by atoms with van der Waals surface area (Å²) in [6, 6.07) is 0. The number of nitrogens with one attached hydrogen (secondary N) is 1. The molecule has 2 aliphatic rings. The maximum Gasteiger partial charge on any atom is 0.220 e. The van der Waals surface area contributed by atoms with E-state index in [1.807, 2.05) is 0 Å². The van der Waals surface area contributed by atoms with Crippen LogP contribution in [0.25, 0.3) is 0 Å². The molecule has 104 valence electrons. The van der Waals surface area contributed by atoms with Gasteiger partial charge in [0, 0.05) is 39.0 Å². The Hall–Kier alpha value is -0.610. The minimum atomic E-state index is -0.749. The average molecular weight is 255 g/mol. The fourth-order valence-electron chi connectivity index (χ4n) is 2.91. The van der Waals surface area contributed by atoms with Gasteiger partial charge in [-0.2, -0.15) is 0 Å². The quantitative estimate of drug-likeness (QED) is 0.784. The summed E-state index contributed by atoms with van der Waals surface area (Å²) in [7, 11) is 0. The molecule has 1 saturated carbocycles. The Morgan fingerprint density at radius 1 is 1.28 bits per heavy atom. The van der Waals surface area contributed by atoms with Gasteiger partial charge in [-0.3, -0.25) is 4.79 Å². The molecule has 2 N–H and O–H groups in total. The molecule has 0 spiro atoms. The minimum absolute atomic E-state index is 0.0850. The number of carbonyl (C=O) groups is 1. The first kappa shape index (κ1) is 13.8. The highest BCUT2D eigenvalue weighted by atomic mass is 16.5. The van der Waals surface area contributed by atoms with Crippen molar-refractivity contribution in [2.45, 2.75) is 57.0 Å². The van der Waals surface area contributed by atoms with Crippen molar-refractivity contribution in [2.24, 2.45) is 5.92 Å². The van der Waals surface area contributed by atoms with Crippen LogP contribution in [0.3, 0.4) is 0 Å². The van der Waals surface area contributed by atoms with Crippen molar-refractivity contribution in [1.82, 2.24) is 5.32 Å². The Balaban J connectivity index is 1.61. The normalized spacial score (nSPS) is 24.1. The number of hydrogen-bond acceptors (Lipinski definition) is 3. The molecular weight excluding hydrogens is 230 g/mol. The lowest BCUT2D eigenvalue weighted by Crippen LogP contribution is -2.46. The molecule has 0 aromatic heterocycles. The fourth-order valence-corrected chi connectivity index (χ4v) is 2.91. The van der Waals surface area contributed by atoms with Crippen LogP contribution in [0.4, 0.5) is 0 Å².